The number of nitrogen functional groups attached to an aromatic ring is 1. The molecule has 3 fully saturated rings. The number of carbonyl (C=O) groups is 7. The zero-order valence-corrected chi connectivity index (χ0v) is 95.8. The molecule has 17 aromatic rings. The minimum Gasteiger partial charge on any atom is -0.480 e. The molecule has 3 aliphatic heterocycles. The number of thiophene rings is 8. The Bertz CT molecular complexity index is 7890. The Labute approximate surface area is 930 Å². The lowest BCUT2D eigenvalue weighted by molar-refractivity contribution is -0.144. The maximum Gasteiger partial charge on any atom is 0.488 e. The maximum absolute atomic E-state index is 13.8. The molecule has 0 unspecified atom stereocenters. The number of esters is 3. The van der Waals surface area contributed by atoms with Gasteiger partial charge in [0.15, 0.2) is 0 Å². The minimum atomic E-state index is -1.65. The van der Waals surface area contributed by atoms with Crippen LogP contribution in [-0.4, -0.2) is 207 Å². The molecule has 11 N–H and O–H groups in total. The Morgan fingerprint density at radius 1 is 0.490 bits per heavy atom. The van der Waals surface area contributed by atoms with E-state index >= 15 is 0 Å². The first-order chi connectivity index (χ1) is 70.4. The minimum absolute atomic E-state index is 0.00731. The molecular weight excluding hydrogens is 2580 g/mol. The molecule has 39 nitrogen and oxygen atoms in total. The van der Waals surface area contributed by atoms with Crippen LogP contribution in [0.15, 0.2) is 190 Å². The molecule has 2 aromatic carbocycles. The maximum atomic E-state index is 13.8. The van der Waals surface area contributed by atoms with E-state index in [1.807, 2.05) is 16.1 Å². The number of hydrogen-bond donors (Lipinski definition) is 9. The fourth-order valence-electron chi connectivity index (χ4n) is 12.7. The Morgan fingerprint density at radius 3 is 1.31 bits per heavy atom. The Hall–Kier alpha value is -10.1. The van der Waals surface area contributed by atoms with Gasteiger partial charge in [0.2, 0.25) is 18.2 Å². The Morgan fingerprint density at radius 2 is 0.898 bits per heavy atom. The number of ether oxygens (including phenoxy) is 3. The number of carboxylic acids is 1. The molecule has 15 aromatic heterocycles. The van der Waals surface area contributed by atoms with E-state index in [0.717, 1.165) is 94.2 Å². The van der Waals surface area contributed by atoms with E-state index in [1.54, 1.807) is 70.3 Å². The number of anilines is 1. The van der Waals surface area contributed by atoms with Crippen LogP contribution < -0.4 is 61.2 Å². The van der Waals surface area contributed by atoms with Crippen LogP contribution >= 0.6 is 225 Å². The number of rotatable bonds is 15. The quantitative estimate of drug-likeness (QED) is 0.0151. The van der Waals surface area contributed by atoms with Gasteiger partial charge >= 0.3 is 31.0 Å². The summed E-state index contributed by atoms with van der Waals surface area (Å²) in [7, 11) is -1.65. The van der Waals surface area contributed by atoms with Gasteiger partial charge in [-0.1, -0.05) is 51.3 Å². The molecule has 0 atom stereocenters. The number of amides is 3. The van der Waals surface area contributed by atoms with Crippen LogP contribution in [0.5, 0.6) is 0 Å². The number of hydrogen-bond acceptors (Lipinski definition) is 36. The highest BCUT2D eigenvalue weighted by Crippen LogP contribution is 2.37. The first-order valence-electron chi connectivity index (χ1n) is 42.8. The van der Waals surface area contributed by atoms with Crippen molar-refractivity contribution in [3.05, 3.63) is 256 Å². The van der Waals surface area contributed by atoms with Gasteiger partial charge in [0, 0.05) is 76.5 Å². The van der Waals surface area contributed by atoms with Gasteiger partial charge < -0.3 is 70.9 Å². The smallest absolute Gasteiger partial charge is 0.480 e. The number of aromatic nitrogens is 14. The van der Waals surface area contributed by atoms with Crippen molar-refractivity contribution in [1.82, 2.24) is 83.2 Å². The number of primary amides is 1. The van der Waals surface area contributed by atoms with Gasteiger partial charge in [-0.15, -0.1) is 90.7 Å². The van der Waals surface area contributed by atoms with Crippen LogP contribution in [0.2, 0.25) is 10.0 Å². The van der Waals surface area contributed by atoms with E-state index in [1.165, 1.54) is 199 Å². The fraction of sp³-hybridized carbons (Fsp3) is 0.261. The highest BCUT2D eigenvalue weighted by atomic mass is 79.9. The van der Waals surface area contributed by atoms with Crippen molar-refractivity contribution in [1.29, 1.82) is 0 Å². The molecule has 147 heavy (non-hydrogen) atoms. The van der Waals surface area contributed by atoms with Crippen molar-refractivity contribution in [3.8, 4) is 11.1 Å². The predicted octanol–water partition coefficient (Wildman–Crippen LogP) is 15.8. The molecule has 3 saturated heterocycles. The topological polar surface area (TPSA) is 555 Å². The zero-order valence-electron chi connectivity index (χ0n) is 76.7. The summed E-state index contributed by atoms with van der Waals surface area (Å²) in [6.07, 6.45) is 16.8. The average molecular weight is 2660 g/mol. The predicted molar refractivity (Wildman–Crippen MR) is 597 cm³/mol. The molecular formula is C88H83BBr7Cl2F2N19O20S8. The SMILES string of the molecule is C1CCNC1.CCOC(=O)CBr.CCOC(=O)Cn1cnc2scc(Br)c2c1=O.CCOC(=O)c1ccsc1N.NC=O.O=C(Cn1cnc2scc(-c3ccc(Cl)c(F)c3)c2c1=O)N1CCCC1.O=C(Cn1cnc2scc(Br)c2c1=O)N1CCCC1.O=C(O)Cn1cnc2scc(Br)c2c1=O.O=c1[nH]cnc2sc(Br)c(Br)c12.O=c1[nH]cnc2scc(Br)c12.O=c1[nH]cnc2sccc12.OB(O)c1ccc(Cl)c(F)c1. The summed E-state index contributed by atoms with van der Waals surface area (Å²) in [6.45, 7) is 11.5. The third-order valence-electron chi connectivity index (χ3n) is 19.6. The normalized spacial score (nSPS) is 12.0. The van der Waals surface area contributed by atoms with Crippen molar-refractivity contribution >= 4 is 357 Å². The Kier molecular flexibility index (Phi) is 49.7. The monoisotopic (exact) mass is 2650 g/mol. The summed E-state index contributed by atoms with van der Waals surface area (Å²) >= 11 is 44.9. The van der Waals surface area contributed by atoms with Crippen LogP contribution in [0.4, 0.5) is 13.8 Å². The lowest BCUT2D eigenvalue weighted by atomic mass is 9.80. The van der Waals surface area contributed by atoms with E-state index in [2.05, 4.69) is 177 Å². The third-order valence-corrected chi connectivity index (χ3v) is 33.7. The van der Waals surface area contributed by atoms with Crippen molar-refractivity contribution < 1.29 is 71.7 Å². The fourth-order valence-corrected chi connectivity index (χ4v) is 23.7. The van der Waals surface area contributed by atoms with Gasteiger partial charge in [0.1, 0.15) is 82.0 Å². The number of fused-ring (bicyclic) bond motifs is 7. The van der Waals surface area contributed by atoms with Gasteiger partial charge in [-0.25, -0.2) is 48.5 Å². The molecule has 20 rings (SSSR count). The van der Waals surface area contributed by atoms with Crippen molar-refractivity contribution in [2.75, 3.05) is 70.2 Å². The molecule has 59 heteroatoms. The van der Waals surface area contributed by atoms with Crippen molar-refractivity contribution in [2.45, 2.75) is 85.5 Å². The average Bonchev–Trinajstić information content (AvgIpc) is 1.66. The van der Waals surface area contributed by atoms with Crippen LogP contribution in [0, 0.1) is 11.6 Å². The molecule has 3 aliphatic rings. The summed E-state index contributed by atoms with van der Waals surface area (Å²) in [5, 5.41) is 46.2. The second-order valence-corrected chi connectivity index (χ2v) is 43.3. The molecule has 0 radical (unpaired) electrons. The highest BCUT2D eigenvalue weighted by molar-refractivity contribution is 9.13. The molecule has 0 saturated carbocycles. The zero-order chi connectivity index (χ0) is 107. The van der Waals surface area contributed by atoms with E-state index in [9.17, 15) is 71.1 Å². The lowest BCUT2D eigenvalue weighted by Crippen LogP contribution is -2.34. The third kappa shape index (κ3) is 34.7. The standard InChI is InChI=1S/C18H15ClFN3O2S.C12H12BrN3O2S.C10H9BrN2O3S.C8H5BrN2O3S.C7H9NO2S.C6H5BClFO2.C6H2Br2N2OS.C6H3BrN2OS.C6H4N2OS.C4H7BrO2.C4H9N.CH3NO/c19-13-4-3-11(7-14(13)20)12-9-26-17-16(12)18(25)23(10-21-17)8-15(24)22-5-1-2-6-22;13-8-6-19-11-10(8)12(18)16(7-14-11)5-9(17)15-3-1-2-4-15;1-2-16-7(14)3-13-5-12-9-8(10(13)15)6(11)4-17-9;9-4-2-15-7-6(4)8(14)11(3-10-7)1-5(12)13;1-2-10-7(9)5-3-4-11-6(5)8;8-5-2-1-4(7(10)11)3-6(5)9;7-3-2-5(11)9-1-10-6(2)12-4(3)8;7-3-1-11-6-4(3)5(10)8-2-9-6;9-5-4-1-2-10-6(4)8-3-7-5;1-2-7-4(6)3-5;1-2-4-5-3-1;2-1-3/h3-4,7,9-10H,1-2,5-6,8H2;6-7H,1-5H2;4-5H,2-3H2,1H3;2-3H,1H2,(H,12,13);3-4H,2,8H2,1H3;1-3,10-11H;1H,(H,9,10,11);1-2H,(H,8,9,10);1-3H,(H,7,8,9);2-3H2,1H3;5H,1-4H2;1H,(H2,2,3). The van der Waals surface area contributed by atoms with Gasteiger partial charge in [-0.2, -0.15) is 0 Å². The van der Waals surface area contributed by atoms with Crippen LogP contribution in [0.1, 0.15) is 69.7 Å². The van der Waals surface area contributed by atoms with E-state index < -0.39 is 30.7 Å². The molecule has 0 spiro atoms. The lowest BCUT2D eigenvalue weighted by Gasteiger charge is -2.15. The number of nitrogens with two attached hydrogens (primary N) is 2. The van der Waals surface area contributed by atoms with Gasteiger partial charge in [-0.3, -0.25) is 80.6 Å². The largest absolute Gasteiger partial charge is 0.488 e. The molecule has 0 bridgehead atoms. The second kappa shape index (κ2) is 60.6. The summed E-state index contributed by atoms with van der Waals surface area (Å²) in [5.41, 5.74) is 10.1. The molecule has 18 heterocycles. The van der Waals surface area contributed by atoms with Crippen molar-refractivity contribution in [2.24, 2.45) is 5.73 Å². The number of carbonyl (C=O) groups excluding carboxylic acids is 6. The summed E-state index contributed by atoms with van der Waals surface area (Å²) in [4.78, 5) is 203. The van der Waals surface area contributed by atoms with E-state index in [-0.39, 0.29) is 111 Å². The molecule has 3 amide bonds. The number of alkyl halides is 1. The van der Waals surface area contributed by atoms with E-state index in [4.69, 9.17) is 58.4 Å². The van der Waals surface area contributed by atoms with Gasteiger partial charge in [0.25, 0.3) is 38.9 Å². The van der Waals surface area contributed by atoms with Crippen LogP contribution in [0.3, 0.4) is 0 Å². The number of likely N-dealkylation sites (tertiary alicyclic amines) is 2. The second-order valence-electron chi connectivity index (χ2n) is 29.3. The van der Waals surface area contributed by atoms with Crippen molar-refractivity contribution in [3.63, 3.8) is 0 Å². The number of halogens is 11. The summed E-state index contributed by atoms with van der Waals surface area (Å²) in [5.74, 6) is -3.35. The number of carboxylic acid groups (broad SMARTS) is 1. The van der Waals surface area contributed by atoms with Crippen LogP contribution in [0.25, 0.3) is 82.6 Å². The van der Waals surface area contributed by atoms with E-state index in [0.29, 0.717) is 113 Å². The number of nitrogens with zero attached hydrogens (tertiary/aromatic N) is 13. The number of benzene rings is 2. The Balaban J connectivity index is 0.000000183. The molecule has 0 aliphatic carbocycles. The van der Waals surface area contributed by atoms with Crippen LogP contribution in [-0.2, 0) is 69.2 Å². The number of aliphatic carboxylic acids is 1. The van der Waals surface area contributed by atoms with Gasteiger partial charge in [-0.05, 0) is 226 Å². The number of nitrogens with one attached hydrogen (secondary N) is 4. The first-order valence-corrected chi connectivity index (χ1v) is 56.4. The highest BCUT2D eigenvalue weighted by Gasteiger charge is 2.25. The van der Waals surface area contributed by atoms with Gasteiger partial charge in [0.05, 0.1) is 126 Å². The molecule has 778 valence electrons. The summed E-state index contributed by atoms with van der Waals surface area (Å²) < 4.78 is 50.1. The number of aromatic amines is 3. The number of H-pyrrole nitrogens is 3. The summed E-state index contributed by atoms with van der Waals surface area (Å²) in [6, 6.07) is 11.5. The first kappa shape index (κ1) is 120.